The van der Waals surface area contributed by atoms with E-state index in [-0.39, 0.29) is 11.8 Å². The van der Waals surface area contributed by atoms with Crippen molar-refractivity contribution >= 4 is 29.3 Å². The minimum atomic E-state index is -0.100. The lowest BCUT2D eigenvalue weighted by Gasteiger charge is -2.08. The number of rotatable bonds is 7. The van der Waals surface area contributed by atoms with E-state index in [0.29, 0.717) is 28.8 Å². The van der Waals surface area contributed by atoms with Crippen LogP contribution in [0.4, 0.5) is 5.69 Å². The predicted molar refractivity (Wildman–Crippen MR) is 97.7 cm³/mol. The lowest BCUT2D eigenvalue weighted by atomic mass is 10.2. The zero-order valence-electron chi connectivity index (χ0n) is 14.3. The highest BCUT2D eigenvalue weighted by Gasteiger charge is 2.23. The van der Waals surface area contributed by atoms with Crippen molar-refractivity contribution in [2.24, 2.45) is 0 Å². The first-order valence-electron chi connectivity index (χ1n) is 8.23. The van der Waals surface area contributed by atoms with Crippen LogP contribution in [0.3, 0.4) is 0 Å². The molecule has 0 spiro atoms. The molecule has 1 aliphatic rings. The monoisotopic (exact) mass is 359 g/mol. The van der Waals surface area contributed by atoms with Gasteiger partial charge in [0, 0.05) is 28.6 Å². The molecule has 0 unspecified atom stereocenters. The van der Waals surface area contributed by atoms with Gasteiger partial charge in [0.15, 0.2) is 0 Å². The van der Waals surface area contributed by atoms with Gasteiger partial charge < -0.3 is 15.2 Å². The van der Waals surface area contributed by atoms with Gasteiger partial charge in [0.05, 0.1) is 11.4 Å². The molecule has 0 radical (unpaired) electrons. The molecule has 0 saturated heterocycles. The Labute approximate surface area is 150 Å². The first kappa shape index (κ1) is 17.5. The molecule has 0 aliphatic heterocycles. The topological polar surface area (TPSA) is 84.2 Å². The highest BCUT2D eigenvalue weighted by atomic mass is 32.2. The van der Waals surface area contributed by atoms with Crippen molar-refractivity contribution < 1.29 is 14.1 Å². The summed E-state index contributed by atoms with van der Waals surface area (Å²) >= 11 is 1.50. The number of carbonyl (C=O) groups is 2. The molecule has 0 bridgehead atoms. The Morgan fingerprint density at radius 1 is 1.32 bits per heavy atom. The number of nitrogens with one attached hydrogen (secondary N) is 2. The van der Waals surface area contributed by atoms with Crippen LogP contribution in [-0.4, -0.2) is 28.8 Å². The molecule has 1 fully saturated rings. The van der Waals surface area contributed by atoms with E-state index >= 15 is 0 Å². The fraction of sp³-hybridized carbons (Fsp3) is 0.389. The Bertz CT molecular complexity index is 764. The van der Waals surface area contributed by atoms with Crippen LogP contribution in [0.15, 0.2) is 28.8 Å². The average molecular weight is 359 g/mol. The molecule has 1 saturated carbocycles. The predicted octanol–water partition coefficient (Wildman–Crippen LogP) is 3.06. The largest absolute Gasteiger partial charge is 0.361 e. The maximum atomic E-state index is 12.1. The van der Waals surface area contributed by atoms with Gasteiger partial charge in [-0.2, -0.15) is 0 Å². The smallest absolute Gasteiger partial charge is 0.251 e. The summed E-state index contributed by atoms with van der Waals surface area (Å²) in [6.45, 7) is 3.76. The highest BCUT2D eigenvalue weighted by molar-refractivity contribution is 7.99. The molecule has 2 amide bonds. The van der Waals surface area contributed by atoms with Gasteiger partial charge in [0.25, 0.3) is 5.91 Å². The number of hydrogen-bond acceptors (Lipinski definition) is 5. The zero-order valence-corrected chi connectivity index (χ0v) is 15.1. The van der Waals surface area contributed by atoms with Crippen LogP contribution >= 0.6 is 11.8 Å². The number of thioether (sulfide) groups is 1. The third-order valence-corrected chi connectivity index (χ3v) is 4.94. The first-order chi connectivity index (χ1) is 12.0. The van der Waals surface area contributed by atoms with Crippen molar-refractivity contribution in [3.63, 3.8) is 0 Å². The van der Waals surface area contributed by atoms with Crippen molar-refractivity contribution in [3.05, 3.63) is 46.8 Å². The van der Waals surface area contributed by atoms with Crippen LogP contribution in [0.2, 0.25) is 0 Å². The Kier molecular flexibility index (Phi) is 5.43. The van der Waals surface area contributed by atoms with Gasteiger partial charge in [-0.1, -0.05) is 11.2 Å². The van der Waals surface area contributed by atoms with Gasteiger partial charge >= 0.3 is 0 Å². The molecule has 25 heavy (non-hydrogen) atoms. The van der Waals surface area contributed by atoms with Crippen LogP contribution in [0, 0.1) is 13.8 Å². The van der Waals surface area contributed by atoms with Crippen molar-refractivity contribution in [3.8, 4) is 0 Å². The van der Waals surface area contributed by atoms with E-state index in [2.05, 4.69) is 15.8 Å². The number of benzene rings is 1. The Morgan fingerprint density at radius 3 is 2.80 bits per heavy atom. The molecule has 3 rings (SSSR count). The molecule has 1 aromatic heterocycles. The molecular formula is C18H21N3O3S. The number of hydrogen-bond donors (Lipinski definition) is 2. The lowest BCUT2D eigenvalue weighted by Crippen LogP contribution is -2.25. The normalized spacial score (nSPS) is 13.5. The highest BCUT2D eigenvalue weighted by Crippen LogP contribution is 2.21. The molecule has 2 N–H and O–H groups in total. The van der Waals surface area contributed by atoms with Crippen molar-refractivity contribution in [1.82, 2.24) is 10.5 Å². The van der Waals surface area contributed by atoms with Crippen LogP contribution in [0.25, 0.3) is 0 Å². The van der Waals surface area contributed by atoms with Gasteiger partial charge in [-0.05, 0) is 44.9 Å². The van der Waals surface area contributed by atoms with E-state index in [1.807, 2.05) is 13.8 Å². The summed E-state index contributed by atoms with van der Waals surface area (Å²) in [7, 11) is 0. The quantitative estimate of drug-likeness (QED) is 0.794. The summed E-state index contributed by atoms with van der Waals surface area (Å²) in [6.07, 6.45) is 2.09. The maximum Gasteiger partial charge on any atom is 0.251 e. The molecule has 0 atom stereocenters. The molecular weight excluding hydrogens is 338 g/mol. The Morgan fingerprint density at radius 2 is 2.12 bits per heavy atom. The Hall–Kier alpha value is -2.28. The minimum absolute atomic E-state index is 0.0913. The van der Waals surface area contributed by atoms with Crippen LogP contribution in [0.1, 0.15) is 40.2 Å². The second kappa shape index (κ2) is 7.74. The minimum Gasteiger partial charge on any atom is -0.361 e. The summed E-state index contributed by atoms with van der Waals surface area (Å²) in [4.78, 5) is 24.2. The van der Waals surface area contributed by atoms with E-state index in [1.165, 1.54) is 11.8 Å². The van der Waals surface area contributed by atoms with E-state index in [4.69, 9.17) is 4.52 Å². The number of carbonyl (C=O) groups excluding carboxylic acids is 2. The summed E-state index contributed by atoms with van der Waals surface area (Å²) in [5, 5.41) is 9.68. The summed E-state index contributed by atoms with van der Waals surface area (Å²) < 4.78 is 5.11. The average Bonchev–Trinajstić information content (AvgIpc) is 3.34. The number of aryl methyl sites for hydroxylation is 2. The van der Waals surface area contributed by atoms with E-state index in [1.54, 1.807) is 24.3 Å². The molecule has 7 heteroatoms. The molecule has 1 aliphatic carbocycles. The summed E-state index contributed by atoms with van der Waals surface area (Å²) in [6, 6.07) is 7.32. The summed E-state index contributed by atoms with van der Waals surface area (Å²) in [5.41, 5.74) is 3.09. The first-order valence-corrected chi connectivity index (χ1v) is 9.38. The van der Waals surface area contributed by atoms with Gasteiger partial charge in [-0.15, -0.1) is 11.8 Å². The molecule has 6 nitrogen and oxygen atoms in total. The van der Waals surface area contributed by atoms with Gasteiger partial charge in [-0.3, -0.25) is 9.59 Å². The van der Waals surface area contributed by atoms with Crippen LogP contribution in [0.5, 0.6) is 0 Å². The van der Waals surface area contributed by atoms with Crippen LogP contribution < -0.4 is 10.6 Å². The SMILES string of the molecule is Cc1noc(C)c1CSCC(=O)Nc1cccc(C(=O)NC2CC2)c1. The molecule has 132 valence electrons. The van der Waals surface area contributed by atoms with Gasteiger partial charge in [0.2, 0.25) is 5.91 Å². The molecule has 1 heterocycles. The van der Waals surface area contributed by atoms with Gasteiger partial charge in [0.1, 0.15) is 5.76 Å². The van der Waals surface area contributed by atoms with Gasteiger partial charge in [-0.25, -0.2) is 0 Å². The third kappa shape index (κ3) is 4.85. The second-order valence-electron chi connectivity index (χ2n) is 6.17. The molecule has 1 aromatic carbocycles. The second-order valence-corrected chi connectivity index (χ2v) is 7.16. The van der Waals surface area contributed by atoms with Crippen molar-refractivity contribution in [2.75, 3.05) is 11.1 Å². The van der Waals surface area contributed by atoms with E-state index in [0.717, 1.165) is 29.9 Å². The zero-order chi connectivity index (χ0) is 17.8. The number of amides is 2. The molecule has 2 aromatic rings. The van der Waals surface area contributed by atoms with Crippen molar-refractivity contribution in [2.45, 2.75) is 38.5 Å². The third-order valence-electron chi connectivity index (χ3n) is 3.98. The van der Waals surface area contributed by atoms with E-state index < -0.39 is 0 Å². The van der Waals surface area contributed by atoms with E-state index in [9.17, 15) is 9.59 Å². The fourth-order valence-electron chi connectivity index (χ4n) is 2.39. The number of anilines is 1. The number of nitrogens with zero attached hydrogens (tertiary/aromatic N) is 1. The number of aromatic nitrogens is 1. The maximum absolute atomic E-state index is 12.1. The van der Waals surface area contributed by atoms with Crippen molar-refractivity contribution in [1.29, 1.82) is 0 Å². The van der Waals surface area contributed by atoms with Crippen LogP contribution in [-0.2, 0) is 10.5 Å². The summed E-state index contributed by atoms with van der Waals surface area (Å²) in [5.74, 6) is 1.60. The standard InChI is InChI=1S/C18H21N3O3S/c1-11-16(12(2)24-21-11)9-25-10-17(22)19-15-5-3-4-13(8-15)18(23)20-14-6-7-14/h3-5,8,14H,6-7,9-10H2,1-2H3,(H,19,22)(H,20,23). The lowest BCUT2D eigenvalue weighted by molar-refractivity contribution is -0.113. The fourth-order valence-corrected chi connectivity index (χ4v) is 3.36. The Balaban J connectivity index is 1.49.